The number of allylic oxidation sites excluding steroid dienone is 2. The van der Waals surface area contributed by atoms with Gasteiger partial charge in [-0.2, -0.15) is 0 Å². The second-order valence-electron chi connectivity index (χ2n) is 3.33. The van der Waals surface area contributed by atoms with Gasteiger partial charge in [0.1, 0.15) is 11.5 Å². The van der Waals surface area contributed by atoms with Gasteiger partial charge in [-0.05, 0) is 19.9 Å². The molecular formula is C11H10Cl2F3NOTi. The van der Waals surface area contributed by atoms with E-state index in [0.29, 0.717) is 12.1 Å². The van der Waals surface area contributed by atoms with Crippen molar-refractivity contribution in [2.75, 3.05) is 0 Å². The summed E-state index contributed by atoms with van der Waals surface area (Å²) in [5.74, 6) is -3.20. The van der Waals surface area contributed by atoms with Gasteiger partial charge >= 0.3 is 35.6 Å². The molecule has 0 atom stereocenters. The molecule has 19 heavy (non-hydrogen) atoms. The normalized spacial score (nSPS) is 11.7. The predicted molar refractivity (Wildman–Crippen MR) is 67.2 cm³/mol. The zero-order valence-corrected chi connectivity index (χ0v) is 13.1. The predicted octanol–water partition coefficient (Wildman–Crippen LogP) is 5.03. The van der Waals surface area contributed by atoms with Crippen LogP contribution in [-0.2, 0) is 17.0 Å². The van der Waals surface area contributed by atoms with Gasteiger partial charge in [0, 0.05) is 17.8 Å². The van der Waals surface area contributed by atoms with Crippen LogP contribution in [0.2, 0.25) is 0 Å². The first-order chi connectivity index (χ1) is 8.81. The van der Waals surface area contributed by atoms with Gasteiger partial charge in [0.15, 0.2) is 11.6 Å². The quantitative estimate of drug-likeness (QED) is 0.454. The average molecular weight is 348 g/mol. The van der Waals surface area contributed by atoms with Crippen LogP contribution in [0.4, 0.5) is 18.9 Å². The summed E-state index contributed by atoms with van der Waals surface area (Å²) >= 11 is -0.556. The van der Waals surface area contributed by atoms with Gasteiger partial charge in [0.2, 0.25) is 0 Å². The molecule has 0 radical (unpaired) electrons. The molecule has 0 bridgehead atoms. The van der Waals surface area contributed by atoms with Crippen molar-refractivity contribution in [3.05, 3.63) is 41.4 Å². The number of hydrogen-bond acceptors (Lipinski definition) is 2. The first-order valence-corrected chi connectivity index (χ1v) is 9.14. The summed E-state index contributed by atoms with van der Waals surface area (Å²) in [5, 5.41) is 8.92. The Kier molecular flexibility index (Phi) is 9.18. The number of rotatable bonds is 2. The molecule has 1 aromatic rings. The molecule has 0 fully saturated rings. The Labute approximate surface area is 125 Å². The van der Waals surface area contributed by atoms with E-state index in [1.165, 1.54) is 19.9 Å². The fourth-order valence-corrected chi connectivity index (χ4v) is 1.15. The molecule has 0 heterocycles. The summed E-state index contributed by atoms with van der Waals surface area (Å²) in [4.78, 5) is 3.60. The maximum atomic E-state index is 13.1. The zero-order chi connectivity index (χ0) is 15.0. The number of aliphatic hydroxyl groups excluding tert-OH is 1. The average Bonchev–Trinajstić information content (AvgIpc) is 2.23. The Morgan fingerprint density at radius 3 is 2.00 bits per heavy atom. The molecule has 2 nitrogen and oxygen atoms in total. The summed E-state index contributed by atoms with van der Waals surface area (Å²) in [5.41, 5.74) is -0.360. The third-order valence-electron chi connectivity index (χ3n) is 1.69. The fourth-order valence-electron chi connectivity index (χ4n) is 1.15. The van der Waals surface area contributed by atoms with Crippen molar-refractivity contribution >= 4 is 30.0 Å². The molecule has 0 spiro atoms. The van der Waals surface area contributed by atoms with E-state index in [9.17, 15) is 13.2 Å². The first-order valence-electron chi connectivity index (χ1n) is 4.85. The summed E-state index contributed by atoms with van der Waals surface area (Å²) in [7, 11) is 9.78. The maximum absolute atomic E-state index is 13.1. The van der Waals surface area contributed by atoms with Gasteiger partial charge < -0.3 is 5.11 Å². The molecule has 8 heteroatoms. The fraction of sp³-hybridized carbons (Fsp3) is 0.182. The van der Waals surface area contributed by atoms with Gasteiger partial charge in [0.05, 0.1) is 5.76 Å². The number of aliphatic imine (C=N–C) groups is 1. The van der Waals surface area contributed by atoms with Crippen molar-refractivity contribution in [1.29, 1.82) is 0 Å². The van der Waals surface area contributed by atoms with Crippen LogP contribution in [0, 0.1) is 17.5 Å². The molecule has 0 aliphatic heterocycles. The van der Waals surface area contributed by atoms with Crippen LogP contribution >= 0.6 is 18.6 Å². The summed E-state index contributed by atoms with van der Waals surface area (Å²) in [6.07, 6.45) is 1.24. The van der Waals surface area contributed by atoms with Gasteiger partial charge in [-0.25, -0.2) is 18.2 Å². The summed E-state index contributed by atoms with van der Waals surface area (Å²) < 4.78 is 38.9. The van der Waals surface area contributed by atoms with E-state index in [1.807, 2.05) is 0 Å². The number of aliphatic hydroxyl groups is 1. The van der Waals surface area contributed by atoms with E-state index in [1.54, 1.807) is 0 Å². The molecular weight excluding hydrogens is 338 g/mol. The molecule has 0 saturated heterocycles. The van der Waals surface area contributed by atoms with E-state index in [2.05, 4.69) is 4.99 Å². The van der Waals surface area contributed by atoms with Crippen molar-refractivity contribution in [3.63, 3.8) is 0 Å². The van der Waals surface area contributed by atoms with Crippen molar-refractivity contribution in [2.45, 2.75) is 13.8 Å². The monoisotopic (exact) mass is 347 g/mol. The number of halogens is 5. The van der Waals surface area contributed by atoms with E-state index in [-0.39, 0.29) is 11.5 Å². The van der Waals surface area contributed by atoms with E-state index in [4.69, 9.17) is 23.7 Å². The Hall–Kier alpha value is -0.486. The molecule has 0 saturated carbocycles. The Bertz CT molecular complexity index is 468. The third-order valence-corrected chi connectivity index (χ3v) is 1.69. The Morgan fingerprint density at radius 1 is 1.21 bits per heavy atom. The molecule has 0 aliphatic rings. The number of hydrogen-bond donors (Lipinski definition) is 1. The molecule has 0 amide bonds. The van der Waals surface area contributed by atoms with Crippen molar-refractivity contribution < 1.29 is 35.3 Å². The van der Waals surface area contributed by atoms with E-state index >= 15 is 0 Å². The SMILES string of the molecule is CC(/C=C(/C)O)=Nc1c(F)cc(F)cc1F.[Cl][Ti][Cl]. The van der Waals surface area contributed by atoms with Gasteiger partial charge in [-0.1, -0.05) is 0 Å². The van der Waals surface area contributed by atoms with Crippen LogP contribution < -0.4 is 0 Å². The van der Waals surface area contributed by atoms with Crippen LogP contribution in [0.3, 0.4) is 0 Å². The zero-order valence-electron chi connectivity index (χ0n) is 10.0. The molecule has 104 valence electrons. The van der Waals surface area contributed by atoms with Gasteiger partial charge in [-0.3, -0.25) is 0 Å². The molecule has 0 aromatic heterocycles. The second kappa shape index (κ2) is 9.42. The Morgan fingerprint density at radius 2 is 1.63 bits per heavy atom. The minimum atomic E-state index is -1.08. The molecule has 0 aliphatic carbocycles. The standard InChI is InChI=1S/C11H10F3NO.2ClH.Ti/c1-6(3-7(2)16)15-11-9(13)4-8(12)5-10(11)14;;;/h3-5,16H,1-2H3;2*1H;/q;;;+2/p-2/b7-3-,15-6?;;;. The van der Waals surface area contributed by atoms with Crippen LogP contribution in [-0.4, -0.2) is 10.8 Å². The summed E-state index contributed by atoms with van der Waals surface area (Å²) in [6, 6.07) is 1.09. The van der Waals surface area contributed by atoms with Crippen LogP contribution in [0.25, 0.3) is 0 Å². The summed E-state index contributed by atoms with van der Waals surface area (Å²) in [6.45, 7) is 2.86. The second-order valence-corrected chi connectivity index (χ2v) is 5.91. The van der Waals surface area contributed by atoms with E-state index in [0.717, 1.165) is 0 Å². The van der Waals surface area contributed by atoms with Crippen LogP contribution in [0.15, 0.2) is 29.0 Å². The van der Waals surface area contributed by atoms with Gasteiger partial charge in [0.25, 0.3) is 0 Å². The first kappa shape index (κ1) is 18.5. The van der Waals surface area contributed by atoms with Crippen molar-refractivity contribution in [3.8, 4) is 0 Å². The molecule has 1 aromatic carbocycles. The van der Waals surface area contributed by atoms with Crippen molar-refractivity contribution in [1.82, 2.24) is 0 Å². The molecule has 1 N–H and O–H groups in total. The topological polar surface area (TPSA) is 32.6 Å². The van der Waals surface area contributed by atoms with E-state index < -0.39 is 40.2 Å². The Balaban J connectivity index is 0.000000982. The third kappa shape index (κ3) is 7.62. The van der Waals surface area contributed by atoms with Gasteiger partial charge in [-0.15, -0.1) is 0 Å². The minimum absolute atomic E-state index is 0.0378. The molecule has 1 rings (SSSR count). The molecule has 0 unspecified atom stereocenters. The number of nitrogens with zero attached hydrogens (tertiary/aromatic N) is 1. The number of benzene rings is 1. The van der Waals surface area contributed by atoms with Crippen LogP contribution in [0.1, 0.15) is 13.8 Å². The van der Waals surface area contributed by atoms with Crippen LogP contribution in [0.5, 0.6) is 0 Å². The van der Waals surface area contributed by atoms with Crippen molar-refractivity contribution in [2.24, 2.45) is 4.99 Å².